The number of aromatic nitrogens is 11. The molecule has 0 saturated carbocycles. The third-order valence-electron chi connectivity index (χ3n) is 24.5. The molecule has 26 aromatic rings. The second-order valence-corrected chi connectivity index (χ2v) is 31.8. The fourth-order valence-electron chi connectivity index (χ4n) is 18.9. The van der Waals surface area contributed by atoms with Crippen LogP contribution in [0, 0.1) is 0 Å². The van der Waals surface area contributed by atoms with Crippen molar-refractivity contribution in [2.75, 3.05) is 0 Å². The molecule has 0 amide bonds. The van der Waals surface area contributed by atoms with Crippen LogP contribution in [0.25, 0.3) is 232 Å². The van der Waals surface area contributed by atoms with E-state index < -0.39 is 0 Å². The molecule has 0 aliphatic heterocycles. The molecule has 0 aliphatic carbocycles. The Balaban J connectivity index is 0.000000106. The first-order valence-electron chi connectivity index (χ1n) is 42.5. The average Bonchev–Trinajstić information content (AvgIpc) is 1.58. The molecule has 0 fully saturated rings. The van der Waals surface area contributed by atoms with Gasteiger partial charge < -0.3 is 13.7 Å². The molecule has 7 aromatic heterocycles. The van der Waals surface area contributed by atoms with Crippen LogP contribution in [0.4, 0.5) is 0 Å². The minimum atomic E-state index is 0.644. The SMILES string of the molecule is c1ccc(-c2nc(-c3ccc(-n4c5ccccc5c5c6ccccc6ccc54)cc3)nc3ccccc23)cc1.c1ccc(-c2nc(-c3ccccc3)nc(-c3cccc(-n4c5ccccc5c5c6ccccc6ccc54)c3)n2)cc1.c1ccc(-n2c3ccccc3c3ccc(-c4nc(-n5c6ccccc6c6c7ccccc7ccc65)nc5ccccc45)cc32)cc1. The number of benzene rings is 19. The second-order valence-electron chi connectivity index (χ2n) is 31.8. The average molecular weight is 1610 g/mol. The van der Waals surface area contributed by atoms with Crippen molar-refractivity contribution in [3.8, 4) is 91.1 Å². The summed E-state index contributed by atoms with van der Waals surface area (Å²) < 4.78 is 9.29. The first-order valence-corrected chi connectivity index (χ1v) is 42.5. The number of hydrogen-bond donors (Lipinski definition) is 0. The largest absolute Gasteiger partial charge is 0.309 e. The van der Waals surface area contributed by atoms with Crippen molar-refractivity contribution in [1.29, 1.82) is 0 Å². The highest BCUT2D eigenvalue weighted by Crippen LogP contribution is 2.44. The van der Waals surface area contributed by atoms with Gasteiger partial charge in [-0.15, -0.1) is 0 Å². The fraction of sp³-hybridized carbons (Fsp3) is 0. The van der Waals surface area contributed by atoms with Crippen molar-refractivity contribution in [1.82, 2.24) is 53.2 Å². The van der Waals surface area contributed by atoms with E-state index in [0.29, 0.717) is 23.4 Å². The predicted octanol–water partition coefficient (Wildman–Crippen LogP) is 29.0. The van der Waals surface area contributed by atoms with Gasteiger partial charge in [-0.25, -0.2) is 34.9 Å². The molecule has 0 unspecified atom stereocenters. The van der Waals surface area contributed by atoms with E-state index in [-0.39, 0.29) is 0 Å². The zero-order valence-electron chi connectivity index (χ0n) is 68.1. The van der Waals surface area contributed by atoms with Crippen molar-refractivity contribution in [3.05, 3.63) is 443 Å². The maximum absolute atomic E-state index is 5.40. The maximum atomic E-state index is 5.40. The topological polar surface area (TPSA) is 110 Å². The van der Waals surface area contributed by atoms with E-state index >= 15 is 0 Å². The molecule has 19 aromatic carbocycles. The zero-order chi connectivity index (χ0) is 83.1. The number of para-hydroxylation sites is 7. The van der Waals surface area contributed by atoms with Gasteiger partial charge in [-0.05, 0) is 142 Å². The van der Waals surface area contributed by atoms with E-state index in [4.69, 9.17) is 34.9 Å². The van der Waals surface area contributed by atoms with E-state index in [9.17, 15) is 0 Å². The first-order chi connectivity index (χ1) is 62.5. The molecule has 0 saturated heterocycles. The van der Waals surface area contributed by atoms with E-state index in [0.717, 1.165) is 106 Å². The Bertz CT molecular complexity index is 8720. The van der Waals surface area contributed by atoms with Crippen LogP contribution < -0.4 is 0 Å². The summed E-state index contributed by atoms with van der Waals surface area (Å²) in [6.45, 7) is 0. The monoisotopic (exact) mass is 1610 g/mol. The highest BCUT2D eigenvalue weighted by molar-refractivity contribution is 6.24. The molecule has 0 radical (unpaired) electrons. The minimum absolute atomic E-state index is 0.644. The van der Waals surface area contributed by atoms with Crippen molar-refractivity contribution >= 4 is 141 Å². The molecule has 7 heterocycles. The zero-order valence-corrected chi connectivity index (χ0v) is 68.1. The Hall–Kier alpha value is -17.2. The van der Waals surface area contributed by atoms with E-state index in [1.807, 2.05) is 78.9 Å². The predicted molar refractivity (Wildman–Crippen MR) is 521 cm³/mol. The van der Waals surface area contributed by atoms with Gasteiger partial charge in [0.2, 0.25) is 5.95 Å². The second kappa shape index (κ2) is 30.5. The van der Waals surface area contributed by atoms with Gasteiger partial charge in [0.05, 0.1) is 66.6 Å². The van der Waals surface area contributed by atoms with Gasteiger partial charge in [0.1, 0.15) is 0 Å². The Morgan fingerprint density at radius 2 is 0.484 bits per heavy atom. The lowest BCUT2D eigenvalue weighted by molar-refractivity contribution is 1.01. The Kier molecular flexibility index (Phi) is 17.6. The third kappa shape index (κ3) is 12.5. The van der Waals surface area contributed by atoms with Crippen molar-refractivity contribution in [3.63, 3.8) is 0 Å². The Morgan fingerprint density at radius 3 is 1.01 bits per heavy atom. The summed E-state index contributed by atoms with van der Waals surface area (Å²) >= 11 is 0. The molecule has 126 heavy (non-hydrogen) atoms. The van der Waals surface area contributed by atoms with Crippen LogP contribution in [0.1, 0.15) is 0 Å². The van der Waals surface area contributed by atoms with Crippen molar-refractivity contribution < 1.29 is 0 Å². The Labute approximate surface area is 723 Å². The van der Waals surface area contributed by atoms with E-state index in [1.54, 1.807) is 0 Å². The van der Waals surface area contributed by atoms with Crippen molar-refractivity contribution in [2.24, 2.45) is 0 Å². The fourth-order valence-corrected chi connectivity index (χ4v) is 18.9. The molecular weight excluding hydrogens is 1540 g/mol. The molecule has 0 aliphatic rings. The summed E-state index contributed by atoms with van der Waals surface area (Å²) in [5.74, 6) is 3.35. The van der Waals surface area contributed by atoms with Gasteiger partial charge in [-0.1, -0.05) is 334 Å². The van der Waals surface area contributed by atoms with Crippen LogP contribution in [-0.2, 0) is 0 Å². The van der Waals surface area contributed by atoms with Gasteiger partial charge in [0, 0.05) is 104 Å². The molecule has 588 valence electrons. The standard InChI is InChI=1S/C42H26N4.C37H24N4.C36H23N3/c1-2-13-29(14-3-1)45-36-20-10-7-16-31(36)32-24-22-28(26-39(32)45)41-33-17-6-9-19-35(33)43-42(44-41)46-37-21-11-8-18-34(37)40-30-15-5-4-12-27(30)23-25-38(40)46;1-3-13-26(14-4-1)35-38-36(27-15-5-2-6-16-27)40-37(39-35)28-17-11-18-29(24-28)41-32-21-10-9-20-31(32)34-30-19-8-7-12-25(30)22-23-33(34)41;1-2-11-25(12-3-1)35-29-14-6-8-16-31(29)37-36(38-35)26-18-21-27(22-19-26)39-32-17-9-7-15-30(32)34-28-13-5-4-10-24(28)20-23-33(34)39/h1-26H;1-24H;1-23H. The lowest BCUT2D eigenvalue weighted by atomic mass is 10.0. The Morgan fingerprint density at radius 1 is 0.151 bits per heavy atom. The highest BCUT2D eigenvalue weighted by atomic mass is 15.2. The quantitative estimate of drug-likeness (QED) is 0.134. The molecule has 11 heteroatoms. The molecule has 0 N–H and O–H groups in total. The van der Waals surface area contributed by atoms with Crippen LogP contribution in [-0.4, -0.2) is 53.2 Å². The van der Waals surface area contributed by atoms with Crippen LogP contribution in [0.5, 0.6) is 0 Å². The normalized spacial score (nSPS) is 11.7. The number of fused-ring (bicyclic) bond motifs is 20. The molecule has 26 rings (SSSR count). The van der Waals surface area contributed by atoms with E-state index in [2.05, 4.69) is 382 Å². The van der Waals surface area contributed by atoms with Crippen LogP contribution in [0.15, 0.2) is 443 Å². The van der Waals surface area contributed by atoms with Gasteiger partial charge in [0.15, 0.2) is 23.3 Å². The van der Waals surface area contributed by atoms with Gasteiger partial charge in [-0.2, -0.15) is 0 Å². The number of nitrogens with zero attached hydrogens (tertiary/aromatic N) is 11. The van der Waals surface area contributed by atoms with Gasteiger partial charge in [-0.3, -0.25) is 4.57 Å². The van der Waals surface area contributed by atoms with Crippen LogP contribution in [0.2, 0.25) is 0 Å². The molecule has 11 nitrogen and oxygen atoms in total. The summed E-state index contributed by atoms with van der Waals surface area (Å²) in [6, 6.07) is 155. The van der Waals surface area contributed by atoms with Crippen LogP contribution >= 0.6 is 0 Å². The summed E-state index contributed by atoms with van der Waals surface area (Å²) in [6.07, 6.45) is 0. The maximum Gasteiger partial charge on any atom is 0.235 e. The number of hydrogen-bond acceptors (Lipinski definition) is 7. The van der Waals surface area contributed by atoms with E-state index in [1.165, 1.54) is 103 Å². The van der Waals surface area contributed by atoms with Crippen LogP contribution in [0.3, 0.4) is 0 Å². The minimum Gasteiger partial charge on any atom is -0.309 e. The lowest BCUT2D eigenvalue weighted by Gasteiger charge is -2.13. The van der Waals surface area contributed by atoms with Crippen molar-refractivity contribution in [2.45, 2.75) is 0 Å². The summed E-state index contributed by atoms with van der Waals surface area (Å²) in [5.41, 5.74) is 22.3. The molecular formula is C115H73N11. The highest BCUT2D eigenvalue weighted by Gasteiger charge is 2.24. The van der Waals surface area contributed by atoms with Gasteiger partial charge in [0.25, 0.3) is 0 Å². The number of rotatable bonds is 10. The summed E-state index contributed by atoms with van der Waals surface area (Å²) in [7, 11) is 0. The third-order valence-corrected chi connectivity index (χ3v) is 24.5. The first kappa shape index (κ1) is 72.8. The molecule has 0 atom stereocenters. The summed E-state index contributed by atoms with van der Waals surface area (Å²) in [5, 5.41) is 19.5. The molecule has 0 bridgehead atoms. The smallest absolute Gasteiger partial charge is 0.235 e. The molecule has 0 spiro atoms. The lowest BCUT2D eigenvalue weighted by Crippen LogP contribution is -2.03. The van der Waals surface area contributed by atoms with Gasteiger partial charge >= 0.3 is 0 Å². The summed E-state index contributed by atoms with van der Waals surface area (Å²) in [4.78, 5) is 35.3.